The number of benzene rings is 1. The SMILES string of the molecule is CCOP(=O)(OCC)C(/C=C(\Cl)c1ccc(Cl)cc1)N(C)C.[O-][Cl+3]([O-])([O-])O. The van der Waals surface area contributed by atoms with Gasteiger partial charge in [0.15, 0.2) is 0 Å². The van der Waals surface area contributed by atoms with E-state index in [2.05, 4.69) is 0 Å². The Morgan fingerprint density at radius 2 is 1.63 bits per heavy atom. The first kappa shape index (κ1) is 26.8. The predicted octanol–water partition coefficient (Wildman–Crippen LogP) is 0.950. The molecule has 27 heavy (non-hydrogen) atoms. The standard InChI is InChI=1S/C15H22Cl2NO3P.ClHO4/c1-5-20-22(19,21-6-2)15(18(3)4)11-14(17)12-7-9-13(16)10-8-12;2-1(3,4)5/h7-11,15H,5-6H2,1-4H3;(H,2,3,4,5)/b14-11-;. The van der Waals surface area contributed by atoms with Crippen LogP contribution in [0.15, 0.2) is 30.3 Å². The van der Waals surface area contributed by atoms with Crippen LogP contribution in [0.3, 0.4) is 0 Å². The maximum Gasteiger partial charge on any atom is 0.351 e. The highest BCUT2D eigenvalue weighted by Crippen LogP contribution is 2.54. The first-order valence-corrected chi connectivity index (χ1v) is 11.3. The minimum absolute atomic E-state index is 0.300. The van der Waals surface area contributed by atoms with Crippen LogP contribution >= 0.6 is 30.8 Å². The third-order valence-corrected chi connectivity index (χ3v) is 5.98. The zero-order chi connectivity index (χ0) is 21.3. The second-order valence-electron chi connectivity index (χ2n) is 5.17. The van der Waals surface area contributed by atoms with Crippen molar-refractivity contribution < 1.29 is 42.5 Å². The highest BCUT2D eigenvalue weighted by molar-refractivity contribution is 7.54. The summed E-state index contributed by atoms with van der Waals surface area (Å²) >= 11 is 12.2. The van der Waals surface area contributed by atoms with Crippen LogP contribution in [-0.4, -0.2) is 42.7 Å². The van der Waals surface area contributed by atoms with Gasteiger partial charge in [0.1, 0.15) is 5.78 Å². The predicted molar refractivity (Wildman–Crippen MR) is 95.8 cm³/mol. The molecule has 1 N–H and O–H groups in total. The van der Waals surface area contributed by atoms with E-state index < -0.39 is 23.6 Å². The Morgan fingerprint density at radius 3 is 1.96 bits per heavy atom. The van der Waals surface area contributed by atoms with Gasteiger partial charge in [0.2, 0.25) is 0 Å². The Labute approximate surface area is 171 Å². The van der Waals surface area contributed by atoms with Gasteiger partial charge in [0.25, 0.3) is 0 Å². The number of nitrogens with zero attached hydrogens (tertiary/aromatic N) is 1. The second-order valence-corrected chi connectivity index (χ2v) is 8.93. The maximum absolute atomic E-state index is 13.0. The molecule has 1 aromatic carbocycles. The zero-order valence-corrected chi connectivity index (χ0v) is 18.5. The summed E-state index contributed by atoms with van der Waals surface area (Å²) in [6, 6.07) is 7.12. The third-order valence-electron chi connectivity index (χ3n) is 2.89. The van der Waals surface area contributed by atoms with Gasteiger partial charge >= 0.3 is 7.60 Å². The number of rotatable bonds is 8. The third kappa shape index (κ3) is 11.4. The lowest BCUT2D eigenvalue weighted by Crippen LogP contribution is -2.58. The highest BCUT2D eigenvalue weighted by Gasteiger charge is 2.36. The fourth-order valence-electron chi connectivity index (χ4n) is 1.91. The summed E-state index contributed by atoms with van der Waals surface area (Å²) in [5, 5.41) is 1.10. The van der Waals surface area contributed by atoms with Crippen LogP contribution in [0.5, 0.6) is 0 Å². The molecule has 0 aliphatic rings. The number of hydrogen-bond donors (Lipinski definition) is 1. The number of halogens is 3. The largest absolute Gasteiger partial charge is 0.351 e. The topological polar surface area (TPSA) is 128 Å². The van der Waals surface area contributed by atoms with Gasteiger partial charge in [0.05, 0.1) is 28.1 Å². The smallest absolute Gasteiger partial charge is 0.308 e. The van der Waals surface area contributed by atoms with Gasteiger partial charge in [-0.3, -0.25) is 9.46 Å². The van der Waals surface area contributed by atoms with Crippen molar-refractivity contribution in [3.8, 4) is 0 Å². The number of likely N-dealkylation sites (N-methyl/N-ethyl adjacent to an activating group) is 1. The van der Waals surface area contributed by atoms with E-state index in [1.54, 1.807) is 63.2 Å². The lowest BCUT2D eigenvalue weighted by atomic mass is 10.2. The average Bonchev–Trinajstić information content (AvgIpc) is 2.51. The molecule has 156 valence electrons. The molecule has 12 heteroatoms. The quantitative estimate of drug-likeness (QED) is 0.561. The van der Waals surface area contributed by atoms with Crippen LogP contribution in [0.1, 0.15) is 19.4 Å². The van der Waals surface area contributed by atoms with Crippen molar-refractivity contribution in [2.75, 3.05) is 27.3 Å². The monoisotopic (exact) mass is 465 g/mol. The second kappa shape index (κ2) is 12.4. The fraction of sp³-hybridized carbons (Fsp3) is 0.467. The molecule has 1 unspecified atom stereocenters. The first-order valence-electron chi connectivity index (χ1n) is 7.65. The van der Waals surface area contributed by atoms with Crippen molar-refractivity contribution >= 4 is 35.8 Å². The van der Waals surface area contributed by atoms with Crippen LogP contribution < -0.4 is 14.0 Å². The van der Waals surface area contributed by atoms with Gasteiger partial charge in [0, 0.05) is 10.1 Å². The van der Waals surface area contributed by atoms with Gasteiger partial charge < -0.3 is 9.05 Å². The van der Waals surface area contributed by atoms with E-state index in [-0.39, 0.29) is 0 Å². The van der Waals surface area contributed by atoms with Crippen molar-refractivity contribution in [3.63, 3.8) is 0 Å². The van der Waals surface area contributed by atoms with Crippen LogP contribution in [0.25, 0.3) is 5.03 Å². The highest BCUT2D eigenvalue weighted by atomic mass is 35.7. The van der Waals surface area contributed by atoms with E-state index in [1.165, 1.54) is 0 Å². The van der Waals surface area contributed by atoms with Gasteiger partial charge in [-0.15, -0.1) is 0 Å². The minimum atomic E-state index is -4.69. The summed E-state index contributed by atoms with van der Waals surface area (Å²) in [5.74, 6) is -0.574. The minimum Gasteiger partial charge on any atom is -0.308 e. The van der Waals surface area contributed by atoms with Gasteiger partial charge in [-0.1, -0.05) is 35.3 Å². The molecule has 0 saturated heterocycles. The molecule has 0 aliphatic heterocycles. The van der Waals surface area contributed by atoms with Crippen molar-refractivity contribution in [1.82, 2.24) is 4.90 Å². The van der Waals surface area contributed by atoms with E-state index in [4.69, 9.17) is 50.9 Å². The summed E-state index contributed by atoms with van der Waals surface area (Å²) < 4.78 is 56.5. The molecule has 0 amide bonds. The summed E-state index contributed by atoms with van der Waals surface area (Å²) in [6.45, 7) is 4.16. The normalized spacial score (nSPS) is 14.0. The Hall–Kier alpha value is -0.220. The molecular weight excluding hydrogens is 443 g/mol. The molecule has 0 aliphatic carbocycles. The molecule has 0 radical (unpaired) electrons. The Kier molecular flexibility index (Phi) is 12.3. The van der Waals surface area contributed by atoms with E-state index in [1.807, 2.05) is 0 Å². The summed E-state index contributed by atoms with van der Waals surface area (Å²) in [5.41, 5.74) is 0.789. The van der Waals surface area contributed by atoms with E-state index in [9.17, 15) is 4.57 Å². The van der Waals surface area contributed by atoms with Crippen LogP contribution in [0.4, 0.5) is 0 Å². The lowest BCUT2D eigenvalue weighted by molar-refractivity contribution is -1.92. The zero-order valence-electron chi connectivity index (χ0n) is 15.3. The maximum atomic E-state index is 13.0. The molecule has 0 heterocycles. The average molecular weight is 467 g/mol. The molecule has 0 bridgehead atoms. The van der Waals surface area contributed by atoms with Crippen molar-refractivity contribution in [2.24, 2.45) is 0 Å². The molecule has 1 aromatic rings. The fourth-order valence-corrected chi connectivity index (χ4v) is 4.37. The summed E-state index contributed by atoms with van der Waals surface area (Å²) in [6.07, 6.45) is 1.69. The lowest BCUT2D eigenvalue weighted by Gasteiger charge is -2.29. The number of hydrogen-bond acceptors (Lipinski definition) is 8. The van der Waals surface area contributed by atoms with Crippen LogP contribution in [-0.2, 0) is 13.6 Å². The van der Waals surface area contributed by atoms with Crippen molar-refractivity contribution in [3.05, 3.63) is 40.9 Å². The molecular formula is C15H23Cl3NO7P. The van der Waals surface area contributed by atoms with E-state index in [0.29, 0.717) is 23.3 Å². The Morgan fingerprint density at radius 1 is 1.22 bits per heavy atom. The molecule has 0 aromatic heterocycles. The van der Waals surface area contributed by atoms with Gasteiger partial charge in [-0.25, -0.2) is 0 Å². The van der Waals surface area contributed by atoms with Gasteiger partial charge in [-0.05, 0) is 51.7 Å². The molecule has 0 fully saturated rings. The molecule has 0 saturated carbocycles. The Bertz CT molecular complexity index is 619. The molecule has 1 atom stereocenters. The van der Waals surface area contributed by atoms with E-state index >= 15 is 0 Å². The summed E-state index contributed by atoms with van der Waals surface area (Å²) in [7, 11) is -4.42. The molecule has 8 nitrogen and oxygen atoms in total. The van der Waals surface area contributed by atoms with Gasteiger partial charge in [-0.2, -0.15) is 14.0 Å². The first-order chi connectivity index (χ1) is 12.3. The molecule has 1 rings (SSSR count). The molecule has 0 spiro atoms. The van der Waals surface area contributed by atoms with Crippen molar-refractivity contribution in [2.45, 2.75) is 19.6 Å². The Balaban J connectivity index is 0.00000119. The van der Waals surface area contributed by atoms with Crippen molar-refractivity contribution in [1.29, 1.82) is 0 Å². The summed E-state index contributed by atoms with van der Waals surface area (Å²) in [4.78, 5) is 1.77. The van der Waals surface area contributed by atoms with E-state index in [0.717, 1.165) is 5.56 Å². The van der Waals surface area contributed by atoms with Crippen LogP contribution in [0, 0.1) is 10.2 Å². The van der Waals surface area contributed by atoms with Crippen LogP contribution in [0.2, 0.25) is 5.02 Å².